The summed E-state index contributed by atoms with van der Waals surface area (Å²) in [5.74, 6) is 0.308. The fraction of sp³-hybridized carbons (Fsp3) is 0.357. The van der Waals surface area contributed by atoms with E-state index in [2.05, 4.69) is 20.8 Å². The van der Waals surface area contributed by atoms with Crippen LogP contribution in [0.1, 0.15) is 18.4 Å². The van der Waals surface area contributed by atoms with Crippen LogP contribution in [0.4, 0.5) is 10.8 Å². The number of benzene rings is 1. The lowest BCUT2D eigenvalue weighted by molar-refractivity contribution is -0.113. The van der Waals surface area contributed by atoms with Gasteiger partial charge in [0.05, 0.1) is 5.75 Å². The van der Waals surface area contributed by atoms with Crippen LogP contribution in [0.2, 0.25) is 0 Å². The molecule has 0 aliphatic heterocycles. The van der Waals surface area contributed by atoms with Crippen molar-refractivity contribution in [3.8, 4) is 0 Å². The van der Waals surface area contributed by atoms with Gasteiger partial charge in [-0.1, -0.05) is 40.8 Å². The van der Waals surface area contributed by atoms with Gasteiger partial charge in [-0.15, -0.1) is 10.2 Å². The Kier molecular flexibility index (Phi) is 4.40. The van der Waals surface area contributed by atoms with Crippen LogP contribution in [-0.2, 0) is 4.79 Å². The van der Waals surface area contributed by atoms with Gasteiger partial charge in [-0.25, -0.2) is 0 Å². The Balaban J connectivity index is 1.46. The van der Waals surface area contributed by atoms with E-state index in [9.17, 15) is 4.79 Å². The summed E-state index contributed by atoms with van der Waals surface area (Å²) in [6.45, 7) is 2.02. The number of hydrogen-bond acceptors (Lipinski definition) is 6. The number of carbonyl (C=O) groups excluding carboxylic acids is 1. The Morgan fingerprint density at radius 1 is 1.33 bits per heavy atom. The smallest absolute Gasteiger partial charge is 0.234 e. The Labute approximate surface area is 131 Å². The first-order chi connectivity index (χ1) is 10.2. The minimum atomic E-state index is -0.0317. The molecule has 1 aliphatic rings. The predicted octanol–water partition coefficient (Wildman–Crippen LogP) is 3.15. The summed E-state index contributed by atoms with van der Waals surface area (Å²) in [5, 5.41) is 15.2. The number of hydrogen-bond donors (Lipinski definition) is 2. The summed E-state index contributed by atoms with van der Waals surface area (Å²) >= 11 is 2.91. The SMILES string of the molecule is Cc1ccc(NC(=O)CSc2nnc(NC3CC3)s2)cc1. The van der Waals surface area contributed by atoms with E-state index in [1.165, 1.54) is 41.5 Å². The number of aromatic nitrogens is 2. The molecule has 7 heteroatoms. The third-order valence-corrected chi connectivity index (χ3v) is 4.96. The lowest BCUT2D eigenvalue weighted by Gasteiger charge is -2.04. The number of nitrogens with one attached hydrogen (secondary N) is 2. The standard InChI is InChI=1S/C14H16N4OS2/c1-9-2-4-10(5-3-9)15-12(19)8-20-14-18-17-13(21-14)16-11-6-7-11/h2-5,11H,6-8H2,1H3,(H,15,19)(H,16,17). The monoisotopic (exact) mass is 320 g/mol. The van der Waals surface area contributed by atoms with Crippen LogP contribution in [0.5, 0.6) is 0 Å². The van der Waals surface area contributed by atoms with Gasteiger partial charge in [0.15, 0.2) is 4.34 Å². The second-order valence-electron chi connectivity index (χ2n) is 4.99. The fourth-order valence-electron chi connectivity index (χ4n) is 1.69. The van der Waals surface area contributed by atoms with E-state index in [1.54, 1.807) is 0 Å². The van der Waals surface area contributed by atoms with Crippen molar-refractivity contribution >= 4 is 39.8 Å². The molecule has 0 bridgehead atoms. The van der Waals surface area contributed by atoms with Gasteiger partial charge in [-0.3, -0.25) is 4.79 Å². The highest BCUT2D eigenvalue weighted by atomic mass is 32.2. The van der Waals surface area contributed by atoms with Crippen molar-refractivity contribution in [1.29, 1.82) is 0 Å². The van der Waals surface area contributed by atoms with Gasteiger partial charge in [0.25, 0.3) is 0 Å². The second kappa shape index (κ2) is 6.44. The molecule has 0 atom stereocenters. The highest BCUT2D eigenvalue weighted by Gasteiger charge is 2.22. The van der Waals surface area contributed by atoms with Crippen LogP contribution < -0.4 is 10.6 Å². The molecule has 1 amide bonds. The summed E-state index contributed by atoms with van der Waals surface area (Å²) in [6.07, 6.45) is 2.42. The molecule has 0 saturated heterocycles. The minimum absolute atomic E-state index is 0.0317. The van der Waals surface area contributed by atoms with Gasteiger partial charge < -0.3 is 10.6 Å². The first-order valence-electron chi connectivity index (χ1n) is 6.78. The molecule has 110 valence electrons. The fourth-order valence-corrected chi connectivity index (χ4v) is 3.32. The molecular weight excluding hydrogens is 304 g/mol. The van der Waals surface area contributed by atoms with Crippen molar-refractivity contribution < 1.29 is 4.79 Å². The normalized spacial score (nSPS) is 14.0. The molecule has 1 aromatic carbocycles. The Hall–Kier alpha value is -1.60. The number of rotatable bonds is 6. The number of anilines is 2. The molecule has 2 aromatic rings. The molecule has 3 rings (SSSR count). The zero-order valence-electron chi connectivity index (χ0n) is 11.6. The molecule has 1 saturated carbocycles. The predicted molar refractivity (Wildman–Crippen MR) is 87.1 cm³/mol. The molecule has 0 unspecified atom stereocenters. The maximum atomic E-state index is 11.9. The third kappa shape index (κ3) is 4.44. The van der Waals surface area contributed by atoms with Crippen LogP contribution in [0, 0.1) is 6.92 Å². The molecular formula is C14H16N4OS2. The average Bonchev–Trinajstić information content (AvgIpc) is 3.16. The van der Waals surface area contributed by atoms with Gasteiger partial charge >= 0.3 is 0 Å². The first kappa shape index (κ1) is 14.3. The molecule has 1 aromatic heterocycles. The lowest BCUT2D eigenvalue weighted by Crippen LogP contribution is -2.13. The van der Waals surface area contributed by atoms with Crippen LogP contribution >= 0.6 is 23.1 Å². The first-order valence-corrected chi connectivity index (χ1v) is 8.58. The molecule has 2 N–H and O–H groups in total. The molecule has 0 spiro atoms. The van der Waals surface area contributed by atoms with Crippen LogP contribution in [0.25, 0.3) is 0 Å². The van der Waals surface area contributed by atoms with Crippen molar-refractivity contribution in [3.63, 3.8) is 0 Å². The van der Waals surface area contributed by atoms with E-state index in [-0.39, 0.29) is 5.91 Å². The number of aryl methyl sites for hydroxylation is 1. The molecule has 5 nitrogen and oxygen atoms in total. The number of carbonyl (C=O) groups is 1. The summed E-state index contributed by atoms with van der Waals surface area (Å²) < 4.78 is 0.817. The van der Waals surface area contributed by atoms with Crippen LogP contribution in [0.3, 0.4) is 0 Å². The summed E-state index contributed by atoms with van der Waals surface area (Å²) in [7, 11) is 0. The molecule has 21 heavy (non-hydrogen) atoms. The lowest BCUT2D eigenvalue weighted by atomic mass is 10.2. The van der Waals surface area contributed by atoms with E-state index < -0.39 is 0 Å². The number of thioether (sulfide) groups is 1. The third-order valence-electron chi connectivity index (χ3n) is 2.97. The molecule has 1 heterocycles. The minimum Gasteiger partial charge on any atom is -0.357 e. The van der Waals surface area contributed by atoms with Crippen LogP contribution in [0.15, 0.2) is 28.6 Å². The maximum Gasteiger partial charge on any atom is 0.234 e. The topological polar surface area (TPSA) is 66.9 Å². The summed E-state index contributed by atoms with van der Waals surface area (Å²) in [6, 6.07) is 8.33. The van der Waals surface area contributed by atoms with E-state index in [4.69, 9.17) is 0 Å². The van der Waals surface area contributed by atoms with Crippen molar-refractivity contribution in [2.45, 2.75) is 30.1 Å². The van der Waals surface area contributed by atoms with Gasteiger partial charge in [-0.05, 0) is 31.9 Å². The molecule has 1 fully saturated rings. The molecule has 0 radical (unpaired) electrons. The number of amides is 1. The van der Waals surface area contributed by atoms with Crippen molar-refractivity contribution in [2.75, 3.05) is 16.4 Å². The highest BCUT2D eigenvalue weighted by molar-refractivity contribution is 8.01. The Morgan fingerprint density at radius 3 is 2.81 bits per heavy atom. The largest absolute Gasteiger partial charge is 0.357 e. The van der Waals surface area contributed by atoms with Crippen molar-refractivity contribution in [2.24, 2.45) is 0 Å². The zero-order valence-corrected chi connectivity index (χ0v) is 13.3. The van der Waals surface area contributed by atoms with Gasteiger partial charge in [0.2, 0.25) is 11.0 Å². The second-order valence-corrected chi connectivity index (χ2v) is 7.19. The van der Waals surface area contributed by atoms with E-state index in [1.807, 2.05) is 31.2 Å². The highest BCUT2D eigenvalue weighted by Crippen LogP contribution is 2.30. The Bertz CT molecular complexity index is 622. The van der Waals surface area contributed by atoms with Crippen molar-refractivity contribution in [1.82, 2.24) is 10.2 Å². The van der Waals surface area contributed by atoms with E-state index in [0.717, 1.165) is 15.2 Å². The number of nitrogens with zero attached hydrogens (tertiary/aromatic N) is 2. The van der Waals surface area contributed by atoms with E-state index >= 15 is 0 Å². The summed E-state index contributed by atoms with van der Waals surface area (Å²) in [5.41, 5.74) is 1.99. The van der Waals surface area contributed by atoms with Crippen LogP contribution in [-0.4, -0.2) is 27.9 Å². The summed E-state index contributed by atoms with van der Waals surface area (Å²) in [4.78, 5) is 11.9. The van der Waals surface area contributed by atoms with E-state index in [0.29, 0.717) is 11.8 Å². The van der Waals surface area contributed by atoms with Gasteiger partial charge in [0.1, 0.15) is 0 Å². The molecule has 1 aliphatic carbocycles. The zero-order chi connectivity index (χ0) is 14.7. The van der Waals surface area contributed by atoms with Gasteiger partial charge in [0, 0.05) is 11.7 Å². The van der Waals surface area contributed by atoms with Crippen molar-refractivity contribution in [3.05, 3.63) is 29.8 Å². The maximum absolute atomic E-state index is 11.9. The van der Waals surface area contributed by atoms with Gasteiger partial charge in [-0.2, -0.15) is 0 Å². The average molecular weight is 320 g/mol. The Morgan fingerprint density at radius 2 is 2.10 bits per heavy atom. The quantitative estimate of drug-likeness (QED) is 0.800.